The van der Waals surface area contributed by atoms with Crippen LogP contribution in [0.2, 0.25) is 0 Å². The van der Waals surface area contributed by atoms with Crippen LogP contribution in [0.3, 0.4) is 0 Å². The highest BCUT2D eigenvalue weighted by molar-refractivity contribution is 9.10. The summed E-state index contributed by atoms with van der Waals surface area (Å²) < 4.78 is 8.74. The number of benzene rings is 2. The third kappa shape index (κ3) is 2.36. The van der Waals surface area contributed by atoms with Crippen molar-refractivity contribution >= 4 is 26.8 Å². The number of hydrogen-bond donors (Lipinski definition) is 0. The van der Waals surface area contributed by atoms with E-state index in [4.69, 9.17) is 4.74 Å². The molecule has 0 radical (unpaired) electrons. The molecule has 0 saturated carbocycles. The van der Waals surface area contributed by atoms with Gasteiger partial charge in [-0.15, -0.1) is 0 Å². The van der Waals surface area contributed by atoms with Crippen LogP contribution in [0.25, 0.3) is 10.9 Å². The van der Waals surface area contributed by atoms with Crippen molar-refractivity contribution < 1.29 is 4.74 Å². The highest BCUT2D eigenvalue weighted by Crippen LogP contribution is 2.33. The van der Waals surface area contributed by atoms with Gasteiger partial charge in [0.2, 0.25) is 0 Å². The van der Waals surface area contributed by atoms with Crippen molar-refractivity contribution in [2.75, 3.05) is 0 Å². The third-order valence-corrected chi connectivity index (χ3v) is 3.68. The molecule has 0 aliphatic rings. The molecule has 19 heavy (non-hydrogen) atoms. The molecule has 2 aromatic carbocycles. The van der Waals surface area contributed by atoms with Gasteiger partial charge in [-0.25, -0.2) is 0 Å². The van der Waals surface area contributed by atoms with Crippen LogP contribution in [0.15, 0.2) is 53.1 Å². The van der Waals surface area contributed by atoms with Crippen LogP contribution in [0.1, 0.15) is 5.56 Å². The Kier molecular flexibility index (Phi) is 3.25. The summed E-state index contributed by atoms with van der Waals surface area (Å²) in [5, 5.41) is 5.29. The van der Waals surface area contributed by atoms with Crippen LogP contribution >= 0.6 is 15.9 Å². The maximum atomic E-state index is 5.95. The normalized spacial score (nSPS) is 10.8. The Morgan fingerprint density at radius 2 is 1.95 bits per heavy atom. The van der Waals surface area contributed by atoms with Crippen LogP contribution in [-0.4, -0.2) is 9.78 Å². The summed E-state index contributed by atoms with van der Waals surface area (Å²) in [4.78, 5) is 0. The van der Waals surface area contributed by atoms with Gasteiger partial charge in [-0.2, -0.15) is 5.10 Å². The van der Waals surface area contributed by atoms with Gasteiger partial charge in [0.15, 0.2) is 0 Å². The summed E-state index contributed by atoms with van der Waals surface area (Å²) in [5.74, 6) is 0.842. The zero-order valence-electron chi connectivity index (χ0n) is 10.5. The van der Waals surface area contributed by atoms with E-state index in [9.17, 15) is 0 Å². The number of rotatable bonds is 3. The maximum absolute atomic E-state index is 5.95. The van der Waals surface area contributed by atoms with Gasteiger partial charge in [0.05, 0.1) is 21.6 Å². The summed E-state index contributed by atoms with van der Waals surface area (Å²) in [6.45, 7) is 0.549. The number of nitrogens with zero attached hydrogens (tertiary/aromatic N) is 2. The van der Waals surface area contributed by atoms with E-state index < -0.39 is 0 Å². The summed E-state index contributed by atoms with van der Waals surface area (Å²) >= 11 is 3.54. The van der Waals surface area contributed by atoms with Gasteiger partial charge >= 0.3 is 0 Å². The second-order valence-electron chi connectivity index (χ2n) is 4.35. The van der Waals surface area contributed by atoms with Crippen molar-refractivity contribution in [2.45, 2.75) is 6.61 Å². The van der Waals surface area contributed by atoms with E-state index in [0.29, 0.717) is 6.61 Å². The monoisotopic (exact) mass is 316 g/mol. The Labute approximate surface area is 119 Å². The Balaban J connectivity index is 1.94. The Morgan fingerprint density at radius 3 is 2.74 bits per heavy atom. The second-order valence-corrected chi connectivity index (χ2v) is 5.21. The first kappa shape index (κ1) is 12.2. The van der Waals surface area contributed by atoms with Crippen LogP contribution in [-0.2, 0) is 13.7 Å². The molecule has 0 fully saturated rings. The number of aryl methyl sites for hydroxylation is 1. The van der Waals surface area contributed by atoms with Crippen molar-refractivity contribution in [3.05, 3.63) is 58.7 Å². The minimum Gasteiger partial charge on any atom is -0.487 e. The van der Waals surface area contributed by atoms with Gasteiger partial charge in [-0.3, -0.25) is 4.68 Å². The summed E-state index contributed by atoms with van der Waals surface area (Å²) in [6.07, 6.45) is 1.83. The molecule has 3 aromatic rings. The zero-order chi connectivity index (χ0) is 13.2. The molecule has 0 N–H and O–H groups in total. The summed E-state index contributed by atoms with van der Waals surface area (Å²) in [5.41, 5.74) is 2.21. The molecule has 0 aliphatic heterocycles. The second kappa shape index (κ2) is 5.05. The summed E-state index contributed by atoms with van der Waals surface area (Å²) in [7, 11) is 1.93. The van der Waals surface area contributed by atoms with Crippen LogP contribution < -0.4 is 4.74 Å². The minimum atomic E-state index is 0.549. The highest BCUT2D eigenvalue weighted by atomic mass is 79.9. The molecule has 96 valence electrons. The zero-order valence-corrected chi connectivity index (χ0v) is 12.1. The van der Waals surface area contributed by atoms with E-state index in [1.807, 2.05) is 48.3 Å². The summed E-state index contributed by atoms with van der Waals surface area (Å²) in [6, 6.07) is 14.2. The van der Waals surface area contributed by atoms with Gasteiger partial charge in [0.25, 0.3) is 0 Å². The van der Waals surface area contributed by atoms with Crippen molar-refractivity contribution in [1.82, 2.24) is 9.78 Å². The van der Waals surface area contributed by atoms with Gasteiger partial charge in [-0.1, -0.05) is 30.3 Å². The SMILES string of the molecule is Cn1ncc2c(OCc3ccccc3)c(Br)ccc21. The number of fused-ring (bicyclic) bond motifs is 1. The lowest BCUT2D eigenvalue weighted by molar-refractivity contribution is 0.308. The predicted octanol–water partition coefficient (Wildman–Crippen LogP) is 3.91. The quantitative estimate of drug-likeness (QED) is 0.732. The van der Waals surface area contributed by atoms with Crippen LogP contribution in [0, 0.1) is 0 Å². The van der Waals surface area contributed by atoms with Crippen molar-refractivity contribution in [2.24, 2.45) is 7.05 Å². The first-order valence-electron chi connectivity index (χ1n) is 6.02. The minimum absolute atomic E-state index is 0.549. The van der Waals surface area contributed by atoms with Crippen molar-refractivity contribution in [1.29, 1.82) is 0 Å². The van der Waals surface area contributed by atoms with Gasteiger partial charge in [-0.05, 0) is 33.6 Å². The number of aromatic nitrogens is 2. The molecule has 0 unspecified atom stereocenters. The van der Waals surface area contributed by atoms with Crippen LogP contribution in [0.5, 0.6) is 5.75 Å². The molecular weight excluding hydrogens is 304 g/mol. The molecule has 0 saturated heterocycles. The molecule has 1 heterocycles. The first-order chi connectivity index (χ1) is 9.25. The molecule has 0 aliphatic carbocycles. The fourth-order valence-corrected chi connectivity index (χ4v) is 2.51. The Morgan fingerprint density at radius 1 is 1.16 bits per heavy atom. The van der Waals surface area contributed by atoms with Gasteiger partial charge < -0.3 is 4.74 Å². The van der Waals surface area contributed by atoms with E-state index in [0.717, 1.165) is 26.7 Å². The fraction of sp³-hybridized carbons (Fsp3) is 0.133. The Bertz CT molecular complexity index is 707. The van der Waals surface area contributed by atoms with Crippen LogP contribution in [0.4, 0.5) is 0 Å². The lowest BCUT2D eigenvalue weighted by atomic mass is 10.2. The lowest BCUT2D eigenvalue weighted by Gasteiger charge is -2.09. The van der Waals surface area contributed by atoms with E-state index >= 15 is 0 Å². The lowest BCUT2D eigenvalue weighted by Crippen LogP contribution is -1.96. The molecule has 3 rings (SSSR count). The van der Waals surface area contributed by atoms with Gasteiger partial charge in [0.1, 0.15) is 12.4 Å². The molecular formula is C15H13BrN2O. The van der Waals surface area contributed by atoms with E-state index in [1.165, 1.54) is 0 Å². The van der Waals surface area contributed by atoms with E-state index in [2.05, 4.69) is 33.2 Å². The van der Waals surface area contributed by atoms with Gasteiger partial charge in [0, 0.05) is 7.05 Å². The largest absolute Gasteiger partial charge is 0.487 e. The standard InChI is InChI=1S/C15H13BrN2O/c1-18-14-8-7-13(16)15(12(14)9-17-18)19-10-11-5-3-2-4-6-11/h2-9H,10H2,1H3. The molecule has 1 aromatic heterocycles. The number of hydrogen-bond acceptors (Lipinski definition) is 2. The molecule has 0 spiro atoms. The topological polar surface area (TPSA) is 27.1 Å². The predicted molar refractivity (Wildman–Crippen MR) is 79.2 cm³/mol. The molecule has 3 nitrogen and oxygen atoms in total. The highest BCUT2D eigenvalue weighted by Gasteiger charge is 2.10. The molecule has 0 amide bonds. The maximum Gasteiger partial charge on any atom is 0.144 e. The number of halogens is 1. The van der Waals surface area contributed by atoms with E-state index in [1.54, 1.807) is 0 Å². The fourth-order valence-electron chi connectivity index (χ4n) is 2.05. The first-order valence-corrected chi connectivity index (χ1v) is 6.82. The molecule has 0 bridgehead atoms. The van der Waals surface area contributed by atoms with Crippen molar-refractivity contribution in [3.8, 4) is 5.75 Å². The van der Waals surface area contributed by atoms with Crippen molar-refractivity contribution in [3.63, 3.8) is 0 Å². The Hall–Kier alpha value is -1.81. The molecule has 0 atom stereocenters. The number of ether oxygens (including phenoxy) is 1. The average Bonchev–Trinajstić information content (AvgIpc) is 2.81. The third-order valence-electron chi connectivity index (χ3n) is 3.06. The molecule has 4 heteroatoms. The van der Waals surface area contributed by atoms with E-state index in [-0.39, 0.29) is 0 Å². The average molecular weight is 317 g/mol. The smallest absolute Gasteiger partial charge is 0.144 e.